The maximum Gasteiger partial charge on any atom is 0.241 e. The van der Waals surface area contributed by atoms with E-state index in [1.165, 1.54) is 0 Å². The Kier molecular flexibility index (Phi) is 7.71. The van der Waals surface area contributed by atoms with Crippen LogP contribution in [0.4, 0.5) is 0 Å². The van der Waals surface area contributed by atoms with Crippen LogP contribution in [0.3, 0.4) is 0 Å². The van der Waals surface area contributed by atoms with Crippen LogP contribution >= 0.6 is 0 Å². The fourth-order valence-corrected chi connectivity index (χ4v) is 4.97. The minimum absolute atomic E-state index is 0.139. The molecule has 0 aliphatic carbocycles. The maximum atomic E-state index is 13.0. The van der Waals surface area contributed by atoms with E-state index in [0.717, 1.165) is 28.1 Å². The fraction of sp³-hybridized carbons (Fsp3) is 0.360. The van der Waals surface area contributed by atoms with Crippen LogP contribution in [0.2, 0.25) is 0 Å². The lowest BCUT2D eigenvalue weighted by Gasteiger charge is -2.22. The van der Waals surface area contributed by atoms with Gasteiger partial charge in [0, 0.05) is 17.8 Å². The number of aromatic nitrogens is 2. The van der Waals surface area contributed by atoms with Gasteiger partial charge in [0.15, 0.2) is 0 Å². The van der Waals surface area contributed by atoms with Crippen LogP contribution in [0.5, 0.6) is 0 Å². The van der Waals surface area contributed by atoms with Crippen LogP contribution in [0.15, 0.2) is 59.5 Å². The van der Waals surface area contributed by atoms with Crippen molar-refractivity contribution in [1.82, 2.24) is 19.8 Å². The van der Waals surface area contributed by atoms with E-state index in [4.69, 9.17) is 0 Å². The van der Waals surface area contributed by atoms with Gasteiger partial charge < -0.3 is 5.32 Å². The van der Waals surface area contributed by atoms with Crippen molar-refractivity contribution >= 4 is 15.9 Å². The van der Waals surface area contributed by atoms with Gasteiger partial charge in [-0.05, 0) is 44.4 Å². The molecule has 0 radical (unpaired) electrons. The van der Waals surface area contributed by atoms with E-state index in [1.807, 2.05) is 69.6 Å². The molecule has 0 unspecified atom stereocenters. The third-order valence-electron chi connectivity index (χ3n) is 5.71. The zero-order valence-corrected chi connectivity index (χ0v) is 20.6. The SMILES string of the molecule is Cc1ccc(S(=O)(=O)N[C@H](C(=O)NCc2c(C)nn(Cc3ccccc3)c2C)C(C)C)cc1. The van der Waals surface area contributed by atoms with Gasteiger partial charge in [0.25, 0.3) is 0 Å². The van der Waals surface area contributed by atoms with Gasteiger partial charge in [0.05, 0.1) is 17.1 Å². The Hall–Kier alpha value is -2.97. The van der Waals surface area contributed by atoms with Gasteiger partial charge in [0.1, 0.15) is 6.04 Å². The highest BCUT2D eigenvalue weighted by atomic mass is 32.2. The first-order chi connectivity index (χ1) is 15.6. The number of hydrogen-bond acceptors (Lipinski definition) is 4. The number of carbonyl (C=O) groups excluding carboxylic acids is 1. The molecule has 0 saturated carbocycles. The first-order valence-electron chi connectivity index (χ1n) is 11.0. The van der Waals surface area contributed by atoms with Crippen molar-refractivity contribution < 1.29 is 13.2 Å². The molecule has 2 N–H and O–H groups in total. The number of benzene rings is 2. The Morgan fingerprint density at radius 3 is 2.24 bits per heavy atom. The first kappa shape index (κ1) is 24.7. The lowest BCUT2D eigenvalue weighted by atomic mass is 10.0. The molecule has 1 amide bonds. The maximum absolute atomic E-state index is 13.0. The van der Waals surface area contributed by atoms with E-state index in [0.29, 0.717) is 6.54 Å². The summed E-state index contributed by atoms with van der Waals surface area (Å²) in [7, 11) is -3.82. The highest BCUT2D eigenvalue weighted by Crippen LogP contribution is 2.16. The molecule has 0 bridgehead atoms. The normalized spacial score (nSPS) is 12.7. The number of sulfonamides is 1. The molecule has 33 heavy (non-hydrogen) atoms. The van der Waals surface area contributed by atoms with Gasteiger partial charge in [0.2, 0.25) is 15.9 Å². The summed E-state index contributed by atoms with van der Waals surface area (Å²) in [6.45, 7) is 10.3. The van der Waals surface area contributed by atoms with Gasteiger partial charge in [-0.15, -0.1) is 0 Å². The molecule has 1 heterocycles. The molecule has 0 aliphatic heterocycles. The Morgan fingerprint density at radius 1 is 1.00 bits per heavy atom. The molecule has 1 atom stereocenters. The predicted octanol–water partition coefficient (Wildman–Crippen LogP) is 3.48. The number of carbonyl (C=O) groups is 1. The van der Waals surface area contributed by atoms with Crippen LogP contribution in [-0.4, -0.2) is 30.1 Å². The second-order valence-corrected chi connectivity index (χ2v) is 10.4. The molecule has 0 aliphatic rings. The minimum Gasteiger partial charge on any atom is -0.350 e. The third-order valence-corrected chi connectivity index (χ3v) is 7.17. The molecular formula is C25H32N4O3S. The summed E-state index contributed by atoms with van der Waals surface area (Å²) >= 11 is 0. The van der Waals surface area contributed by atoms with E-state index in [-0.39, 0.29) is 23.3 Å². The van der Waals surface area contributed by atoms with Gasteiger partial charge in [-0.25, -0.2) is 8.42 Å². The molecule has 176 valence electrons. The second-order valence-electron chi connectivity index (χ2n) is 8.67. The number of hydrogen-bond donors (Lipinski definition) is 2. The average molecular weight is 469 g/mol. The van der Waals surface area contributed by atoms with Gasteiger partial charge in [-0.1, -0.05) is 61.9 Å². The predicted molar refractivity (Wildman–Crippen MR) is 129 cm³/mol. The van der Waals surface area contributed by atoms with Crippen molar-refractivity contribution in [2.24, 2.45) is 5.92 Å². The Morgan fingerprint density at radius 2 is 1.64 bits per heavy atom. The van der Waals surface area contributed by atoms with Crippen molar-refractivity contribution in [2.75, 3.05) is 0 Å². The van der Waals surface area contributed by atoms with Crippen molar-refractivity contribution in [2.45, 2.75) is 58.6 Å². The molecule has 0 saturated heterocycles. The van der Waals surface area contributed by atoms with Crippen LogP contribution in [0.25, 0.3) is 0 Å². The number of nitrogens with one attached hydrogen (secondary N) is 2. The van der Waals surface area contributed by atoms with E-state index in [2.05, 4.69) is 15.1 Å². The Labute approximate surface area is 196 Å². The average Bonchev–Trinajstić information content (AvgIpc) is 3.03. The van der Waals surface area contributed by atoms with Gasteiger partial charge >= 0.3 is 0 Å². The van der Waals surface area contributed by atoms with E-state index in [9.17, 15) is 13.2 Å². The topological polar surface area (TPSA) is 93.1 Å². The van der Waals surface area contributed by atoms with E-state index >= 15 is 0 Å². The van der Waals surface area contributed by atoms with Crippen LogP contribution in [0.1, 0.15) is 41.9 Å². The van der Waals surface area contributed by atoms with Gasteiger partial charge in [-0.3, -0.25) is 9.48 Å². The zero-order valence-electron chi connectivity index (χ0n) is 19.8. The van der Waals surface area contributed by atoms with Crippen molar-refractivity contribution in [3.63, 3.8) is 0 Å². The molecule has 8 heteroatoms. The lowest BCUT2D eigenvalue weighted by Crippen LogP contribution is -2.49. The standard InChI is InChI=1S/C25H32N4O3S/c1-17(2)24(28-33(31,32)22-13-11-18(3)12-14-22)25(30)26-15-23-19(4)27-29(20(23)5)16-21-9-7-6-8-10-21/h6-14,17,24,28H,15-16H2,1-5H3,(H,26,30)/t24-/m0/s1. The lowest BCUT2D eigenvalue weighted by molar-refractivity contribution is -0.123. The van der Waals surface area contributed by atoms with Crippen LogP contribution < -0.4 is 10.0 Å². The Bertz CT molecular complexity index is 1200. The van der Waals surface area contributed by atoms with Crippen molar-refractivity contribution in [3.05, 3.63) is 82.7 Å². The quantitative estimate of drug-likeness (QED) is 0.503. The summed E-state index contributed by atoms with van der Waals surface area (Å²) < 4.78 is 30.1. The summed E-state index contributed by atoms with van der Waals surface area (Å²) in [5.74, 6) is -0.594. The molecule has 1 aromatic heterocycles. The van der Waals surface area contributed by atoms with Crippen molar-refractivity contribution in [1.29, 1.82) is 0 Å². The number of nitrogens with zero attached hydrogens (tertiary/aromatic N) is 2. The molecule has 0 spiro atoms. The molecule has 0 fully saturated rings. The third kappa shape index (κ3) is 6.09. The number of rotatable bonds is 9. The molecule has 2 aromatic carbocycles. The Balaban J connectivity index is 1.71. The highest BCUT2D eigenvalue weighted by molar-refractivity contribution is 7.89. The second kappa shape index (κ2) is 10.3. The van der Waals surface area contributed by atoms with E-state index < -0.39 is 16.1 Å². The smallest absolute Gasteiger partial charge is 0.241 e. The summed E-state index contributed by atoms with van der Waals surface area (Å²) in [6, 6.07) is 15.7. The summed E-state index contributed by atoms with van der Waals surface area (Å²) in [6.07, 6.45) is 0. The minimum atomic E-state index is -3.82. The molecular weight excluding hydrogens is 436 g/mol. The van der Waals surface area contributed by atoms with Crippen molar-refractivity contribution in [3.8, 4) is 0 Å². The fourth-order valence-electron chi connectivity index (χ4n) is 3.63. The van der Waals surface area contributed by atoms with E-state index in [1.54, 1.807) is 24.3 Å². The zero-order chi connectivity index (χ0) is 24.2. The molecule has 3 rings (SSSR count). The number of amides is 1. The summed E-state index contributed by atoms with van der Waals surface area (Å²) in [4.78, 5) is 13.1. The number of aryl methyl sites for hydroxylation is 2. The monoisotopic (exact) mass is 468 g/mol. The van der Waals surface area contributed by atoms with Crippen LogP contribution in [-0.2, 0) is 27.9 Å². The van der Waals surface area contributed by atoms with Crippen LogP contribution in [0, 0.1) is 26.7 Å². The molecule has 3 aromatic rings. The first-order valence-corrected chi connectivity index (χ1v) is 12.5. The summed E-state index contributed by atoms with van der Waals surface area (Å²) in [5.41, 5.74) is 4.85. The van der Waals surface area contributed by atoms with Gasteiger partial charge in [-0.2, -0.15) is 9.82 Å². The largest absolute Gasteiger partial charge is 0.350 e. The highest BCUT2D eigenvalue weighted by Gasteiger charge is 2.28. The summed E-state index contributed by atoms with van der Waals surface area (Å²) in [5, 5.41) is 7.53. The molecule has 7 nitrogen and oxygen atoms in total.